The van der Waals surface area contributed by atoms with Gasteiger partial charge in [-0.05, 0) is 48.1 Å². The first kappa shape index (κ1) is 9.26. The molecule has 0 aliphatic heterocycles. The van der Waals surface area contributed by atoms with Crippen LogP contribution < -0.4 is 0 Å². The van der Waals surface area contributed by atoms with Crippen molar-refractivity contribution < 1.29 is 0 Å². The summed E-state index contributed by atoms with van der Waals surface area (Å²) in [5, 5.41) is 0. The summed E-state index contributed by atoms with van der Waals surface area (Å²) in [7, 11) is 0. The van der Waals surface area contributed by atoms with Gasteiger partial charge in [0.1, 0.15) is 0 Å². The van der Waals surface area contributed by atoms with Crippen LogP contribution in [0.5, 0.6) is 0 Å². The molecule has 2 aliphatic carbocycles. The topological polar surface area (TPSA) is 0 Å². The number of fused-ring (bicyclic) bond motifs is 1. The highest BCUT2D eigenvalue weighted by molar-refractivity contribution is 5.77. The largest absolute Gasteiger partial charge is 0.0622 e. The standard InChI is InChI=1S/C14H16/c1-4-12-10(2)11(3)13-8-6-5-7-9-14(12)13/h5-9H,4H2,1-3H3. The molecule has 0 unspecified atom stereocenters. The molecule has 0 amide bonds. The van der Waals surface area contributed by atoms with E-state index < -0.39 is 0 Å². The van der Waals surface area contributed by atoms with Crippen molar-refractivity contribution in [2.24, 2.45) is 0 Å². The van der Waals surface area contributed by atoms with E-state index in [0.717, 1.165) is 6.42 Å². The molecule has 0 fully saturated rings. The monoisotopic (exact) mass is 184 g/mol. The van der Waals surface area contributed by atoms with Crippen molar-refractivity contribution in [3.05, 3.63) is 47.0 Å². The second-order valence-electron chi connectivity index (χ2n) is 3.82. The Morgan fingerprint density at radius 1 is 0.857 bits per heavy atom. The van der Waals surface area contributed by atoms with Crippen LogP contribution in [0.25, 0.3) is 11.1 Å². The van der Waals surface area contributed by atoms with Crippen molar-refractivity contribution in [1.82, 2.24) is 0 Å². The van der Waals surface area contributed by atoms with Gasteiger partial charge in [0, 0.05) is 0 Å². The van der Waals surface area contributed by atoms with E-state index in [0.29, 0.717) is 0 Å². The maximum absolute atomic E-state index is 2.23. The lowest BCUT2D eigenvalue weighted by Crippen LogP contribution is -1.80. The molecule has 2 aliphatic rings. The highest BCUT2D eigenvalue weighted by atomic mass is 14.2. The first-order chi connectivity index (χ1) is 6.75. The van der Waals surface area contributed by atoms with Gasteiger partial charge in [-0.2, -0.15) is 0 Å². The van der Waals surface area contributed by atoms with E-state index in [9.17, 15) is 0 Å². The van der Waals surface area contributed by atoms with Crippen LogP contribution in [-0.2, 0) is 6.42 Å². The van der Waals surface area contributed by atoms with E-state index in [2.05, 4.69) is 51.1 Å². The highest BCUT2D eigenvalue weighted by Crippen LogP contribution is 2.35. The maximum Gasteiger partial charge on any atom is -0.0147 e. The zero-order valence-corrected chi connectivity index (χ0v) is 9.09. The van der Waals surface area contributed by atoms with Crippen molar-refractivity contribution in [1.29, 1.82) is 0 Å². The van der Waals surface area contributed by atoms with E-state index in [1.54, 1.807) is 0 Å². The fraction of sp³-hybridized carbons (Fsp3) is 0.286. The van der Waals surface area contributed by atoms with Gasteiger partial charge in [-0.25, -0.2) is 0 Å². The zero-order chi connectivity index (χ0) is 10.1. The van der Waals surface area contributed by atoms with E-state index in [1.165, 1.54) is 27.8 Å². The Morgan fingerprint density at radius 3 is 2.14 bits per heavy atom. The molecule has 0 heteroatoms. The molecule has 0 N–H and O–H groups in total. The summed E-state index contributed by atoms with van der Waals surface area (Å²) in [5.74, 6) is 0. The van der Waals surface area contributed by atoms with Crippen LogP contribution in [0.2, 0.25) is 0 Å². The number of hydrogen-bond acceptors (Lipinski definition) is 0. The van der Waals surface area contributed by atoms with Crippen molar-refractivity contribution >= 4 is 0 Å². The fourth-order valence-corrected chi connectivity index (χ4v) is 2.22. The van der Waals surface area contributed by atoms with Gasteiger partial charge in [0.2, 0.25) is 0 Å². The van der Waals surface area contributed by atoms with Gasteiger partial charge in [0.05, 0.1) is 0 Å². The molecule has 0 nitrogen and oxygen atoms in total. The van der Waals surface area contributed by atoms with Crippen LogP contribution in [0, 0.1) is 13.8 Å². The van der Waals surface area contributed by atoms with Gasteiger partial charge >= 0.3 is 0 Å². The lowest BCUT2D eigenvalue weighted by Gasteiger charge is -1.97. The Hall–Kier alpha value is -1.30. The molecule has 0 heterocycles. The minimum absolute atomic E-state index is 1.13. The van der Waals surface area contributed by atoms with Crippen molar-refractivity contribution in [3.8, 4) is 11.1 Å². The molecule has 2 rings (SSSR count). The van der Waals surface area contributed by atoms with Crippen LogP contribution >= 0.6 is 0 Å². The van der Waals surface area contributed by atoms with Gasteiger partial charge < -0.3 is 0 Å². The van der Waals surface area contributed by atoms with E-state index in [-0.39, 0.29) is 0 Å². The third kappa shape index (κ3) is 1.22. The smallest absolute Gasteiger partial charge is 0.0147 e. The molecule has 0 atom stereocenters. The summed E-state index contributed by atoms with van der Waals surface area (Å²) in [6, 6.07) is 10.8. The van der Waals surface area contributed by atoms with Gasteiger partial charge in [-0.15, -0.1) is 0 Å². The van der Waals surface area contributed by atoms with E-state index in [1.807, 2.05) is 0 Å². The third-order valence-electron chi connectivity index (χ3n) is 3.14. The van der Waals surface area contributed by atoms with Crippen molar-refractivity contribution in [3.63, 3.8) is 0 Å². The number of rotatable bonds is 1. The second kappa shape index (κ2) is 3.45. The molecule has 14 heavy (non-hydrogen) atoms. The minimum atomic E-state index is 1.13. The third-order valence-corrected chi connectivity index (χ3v) is 3.14. The zero-order valence-electron chi connectivity index (χ0n) is 9.09. The Kier molecular flexibility index (Phi) is 2.28. The van der Waals surface area contributed by atoms with Crippen LogP contribution in [-0.4, -0.2) is 0 Å². The molecule has 72 valence electrons. The molecule has 0 aromatic rings. The molecular weight excluding hydrogens is 168 g/mol. The Morgan fingerprint density at radius 2 is 1.50 bits per heavy atom. The predicted molar refractivity (Wildman–Crippen MR) is 61.9 cm³/mol. The lowest BCUT2D eigenvalue weighted by atomic mass is 10.1. The molecule has 0 saturated carbocycles. The van der Waals surface area contributed by atoms with Gasteiger partial charge in [-0.1, -0.05) is 37.3 Å². The van der Waals surface area contributed by atoms with E-state index in [4.69, 9.17) is 0 Å². The molecule has 0 spiro atoms. The molecule has 0 saturated heterocycles. The quantitative estimate of drug-likeness (QED) is 0.629. The van der Waals surface area contributed by atoms with Crippen LogP contribution in [0.1, 0.15) is 23.6 Å². The minimum Gasteiger partial charge on any atom is -0.0622 e. The molecule has 0 aromatic heterocycles. The molecule has 0 radical (unpaired) electrons. The molecular formula is C14H16. The summed E-state index contributed by atoms with van der Waals surface area (Å²) in [6.45, 7) is 6.68. The van der Waals surface area contributed by atoms with Crippen LogP contribution in [0.3, 0.4) is 0 Å². The van der Waals surface area contributed by atoms with Crippen molar-refractivity contribution in [2.75, 3.05) is 0 Å². The van der Waals surface area contributed by atoms with Crippen LogP contribution in [0.15, 0.2) is 30.3 Å². The SMILES string of the molecule is CCc1c2cccccc-2c(C)c1C. The van der Waals surface area contributed by atoms with E-state index >= 15 is 0 Å². The van der Waals surface area contributed by atoms with Gasteiger partial charge in [0.25, 0.3) is 0 Å². The second-order valence-corrected chi connectivity index (χ2v) is 3.82. The average Bonchev–Trinajstić information content (AvgIpc) is 2.40. The summed E-state index contributed by atoms with van der Waals surface area (Å²) >= 11 is 0. The van der Waals surface area contributed by atoms with Gasteiger partial charge in [0.15, 0.2) is 0 Å². The highest BCUT2D eigenvalue weighted by Gasteiger charge is 2.14. The Bertz CT molecular complexity index is 427. The Balaban J connectivity index is 2.81. The molecule has 0 aromatic carbocycles. The molecule has 0 bridgehead atoms. The van der Waals surface area contributed by atoms with Crippen molar-refractivity contribution in [2.45, 2.75) is 27.2 Å². The summed E-state index contributed by atoms with van der Waals surface area (Å²) in [4.78, 5) is 0. The van der Waals surface area contributed by atoms with Crippen LogP contribution in [0.4, 0.5) is 0 Å². The first-order valence-electron chi connectivity index (χ1n) is 5.22. The summed E-state index contributed by atoms with van der Waals surface area (Å²) in [5.41, 5.74) is 7.24. The predicted octanol–water partition coefficient (Wildman–Crippen LogP) is 3.97. The van der Waals surface area contributed by atoms with Gasteiger partial charge in [-0.3, -0.25) is 0 Å². The fourth-order valence-electron chi connectivity index (χ4n) is 2.22. The normalized spacial score (nSPS) is 10.8. The average molecular weight is 184 g/mol. The number of hydrogen-bond donors (Lipinski definition) is 0. The summed E-state index contributed by atoms with van der Waals surface area (Å²) < 4.78 is 0. The summed E-state index contributed by atoms with van der Waals surface area (Å²) in [6.07, 6.45) is 1.13. The lowest BCUT2D eigenvalue weighted by molar-refractivity contribution is 1.12. The first-order valence-corrected chi connectivity index (χ1v) is 5.22. The Labute approximate surface area is 85.9 Å². The maximum atomic E-state index is 2.23.